The molecule has 0 radical (unpaired) electrons. The molecule has 0 fully saturated rings. The second-order valence-corrected chi connectivity index (χ2v) is 5.30. The first kappa shape index (κ1) is 13.3. The molecule has 3 N–H and O–H groups in total. The summed E-state index contributed by atoms with van der Waals surface area (Å²) in [5.41, 5.74) is 1.64. The molecule has 0 aromatic carbocycles. The van der Waals surface area contributed by atoms with Crippen LogP contribution in [-0.4, -0.2) is 36.6 Å². The second kappa shape index (κ2) is 5.02. The number of nitrogens with zero attached hydrogens (tertiary/aromatic N) is 3. The number of imidazole rings is 1. The molecule has 0 aliphatic carbocycles. The van der Waals surface area contributed by atoms with Crippen molar-refractivity contribution < 1.29 is 14.7 Å². The molecule has 0 spiro atoms. The van der Waals surface area contributed by atoms with Gasteiger partial charge in [0.15, 0.2) is 10.8 Å². The van der Waals surface area contributed by atoms with Crippen molar-refractivity contribution in [3.8, 4) is 0 Å². The van der Waals surface area contributed by atoms with Gasteiger partial charge in [-0.25, -0.2) is 9.78 Å². The average molecular weight is 305 g/mol. The maximum Gasteiger partial charge on any atom is 0.353 e. The van der Waals surface area contributed by atoms with Gasteiger partial charge >= 0.3 is 5.97 Å². The highest BCUT2D eigenvalue weighted by molar-refractivity contribution is 7.15. The topological polar surface area (TPSA) is 112 Å². The van der Waals surface area contributed by atoms with Crippen molar-refractivity contribution in [1.29, 1.82) is 0 Å². The van der Waals surface area contributed by atoms with Gasteiger partial charge in [-0.1, -0.05) is 0 Å². The molecule has 9 heteroatoms. The average Bonchev–Trinajstić information content (AvgIpc) is 3.07. The predicted molar refractivity (Wildman–Crippen MR) is 75.7 cm³/mol. The van der Waals surface area contributed by atoms with E-state index >= 15 is 0 Å². The van der Waals surface area contributed by atoms with Crippen molar-refractivity contribution in [1.82, 2.24) is 19.6 Å². The van der Waals surface area contributed by atoms with E-state index in [4.69, 9.17) is 5.11 Å². The highest BCUT2D eigenvalue weighted by Gasteiger charge is 2.13. The zero-order valence-electron chi connectivity index (χ0n) is 11.0. The van der Waals surface area contributed by atoms with E-state index in [9.17, 15) is 9.59 Å². The summed E-state index contributed by atoms with van der Waals surface area (Å²) in [5.74, 6) is -1.22. The van der Waals surface area contributed by atoms with Crippen LogP contribution in [0.3, 0.4) is 0 Å². The number of fused-ring (bicyclic) bond motifs is 1. The fraction of sp³-hybridized carbons (Fsp3) is 0.167. The van der Waals surface area contributed by atoms with Crippen molar-refractivity contribution in [2.45, 2.75) is 13.3 Å². The molecule has 0 atom stereocenters. The van der Waals surface area contributed by atoms with Gasteiger partial charge in [-0.15, -0.1) is 11.3 Å². The molecule has 0 aliphatic heterocycles. The summed E-state index contributed by atoms with van der Waals surface area (Å²) in [4.78, 5) is 27.8. The molecule has 3 aromatic heterocycles. The maximum absolute atomic E-state index is 12.0. The first-order valence-electron chi connectivity index (χ1n) is 6.03. The van der Waals surface area contributed by atoms with E-state index in [2.05, 4.69) is 20.5 Å². The number of aromatic carboxylic acids is 1. The number of carboxylic acids is 1. The number of hydrogen-bond donors (Lipinski definition) is 3. The van der Waals surface area contributed by atoms with Crippen molar-refractivity contribution in [3.05, 3.63) is 34.7 Å². The number of H-pyrrole nitrogens is 1. The number of carbonyl (C=O) groups excluding carboxylic acids is 1. The van der Waals surface area contributed by atoms with E-state index in [1.807, 2.05) is 22.9 Å². The lowest BCUT2D eigenvalue weighted by molar-refractivity contribution is -0.115. The third kappa shape index (κ3) is 2.63. The van der Waals surface area contributed by atoms with E-state index < -0.39 is 5.97 Å². The molecule has 3 aromatic rings. The summed E-state index contributed by atoms with van der Waals surface area (Å²) < 4.78 is 1.87. The molecular weight excluding hydrogens is 294 g/mol. The summed E-state index contributed by atoms with van der Waals surface area (Å²) in [5, 5.41) is 19.2. The van der Waals surface area contributed by atoms with Gasteiger partial charge in [-0.05, 0) is 6.92 Å². The Morgan fingerprint density at radius 3 is 3.05 bits per heavy atom. The Morgan fingerprint density at radius 1 is 1.52 bits per heavy atom. The van der Waals surface area contributed by atoms with E-state index in [1.165, 1.54) is 17.4 Å². The third-order valence-electron chi connectivity index (χ3n) is 2.82. The zero-order valence-corrected chi connectivity index (χ0v) is 11.8. The number of carbonyl (C=O) groups is 2. The smallest absolute Gasteiger partial charge is 0.353 e. The number of aromatic nitrogens is 4. The van der Waals surface area contributed by atoms with Crippen molar-refractivity contribution in [3.63, 3.8) is 0 Å². The minimum Gasteiger partial charge on any atom is -0.477 e. The number of nitrogens with one attached hydrogen (secondary N) is 2. The summed E-state index contributed by atoms with van der Waals surface area (Å²) in [7, 11) is 0. The molecule has 0 bridgehead atoms. The lowest BCUT2D eigenvalue weighted by Gasteiger charge is -2.00. The lowest BCUT2D eigenvalue weighted by Crippen LogP contribution is -2.15. The highest BCUT2D eigenvalue weighted by atomic mass is 32.1. The van der Waals surface area contributed by atoms with Gasteiger partial charge < -0.3 is 10.4 Å². The van der Waals surface area contributed by atoms with Crippen LogP contribution in [0, 0.1) is 6.92 Å². The maximum atomic E-state index is 12.0. The standard InChI is InChI=1S/C12H11N5O3S/c1-6-4-17-7(5-21-12(17)13-6)2-10(18)14-9-3-8(11(19)20)15-16-9/h3-5H,2H2,1H3,(H,19,20)(H2,14,15,16,18). The normalized spacial score (nSPS) is 10.9. The van der Waals surface area contributed by atoms with Crippen LogP contribution in [0.5, 0.6) is 0 Å². The molecule has 3 rings (SSSR count). The number of hydrogen-bond acceptors (Lipinski definition) is 5. The number of thiazole rings is 1. The summed E-state index contributed by atoms with van der Waals surface area (Å²) in [6.45, 7) is 1.89. The van der Waals surface area contributed by atoms with Crippen LogP contribution in [-0.2, 0) is 11.2 Å². The molecule has 108 valence electrons. The largest absolute Gasteiger partial charge is 0.477 e. The van der Waals surface area contributed by atoms with Crippen LogP contribution in [0.2, 0.25) is 0 Å². The van der Waals surface area contributed by atoms with Crippen LogP contribution < -0.4 is 5.32 Å². The molecule has 0 aliphatic rings. The molecule has 8 nitrogen and oxygen atoms in total. The molecule has 0 unspecified atom stereocenters. The van der Waals surface area contributed by atoms with E-state index in [0.717, 1.165) is 16.3 Å². The molecular formula is C12H11N5O3S. The third-order valence-corrected chi connectivity index (χ3v) is 3.71. The number of anilines is 1. The van der Waals surface area contributed by atoms with Crippen molar-refractivity contribution >= 4 is 34.0 Å². The van der Waals surface area contributed by atoms with Gasteiger partial charge in [0.05, 0.1) is 12.1 Å². The lowest BCUT2D eigenvalue weighted by atomic mass is 10.3. The number of amides is 1. The molecule has 0 saturated carbocycles. The van der Waals surface area contributed by atoms with Crippen molar-refractivity contribution in [2.75, 3.05) is 5.32 Å². The summed E-state index contributed by atoms with van der Waals surface area (Å²) >= 11 is 1.46. The Labute approximate surface area is 122 Å². The molecule has 1 amide bonds. The van der Waals surface area contributed by atoms with Gasteiger partial charge in [0, 0.05) is 23.3 Å². The highest BCUT2D eigenvalue weighted by Crippen LogP contribution is 2.17. The van der Waals surface area contributed by atoms with Crippen LogP contribution in [0.25, 0.3) is 4.96 Å². The van der Waals surface area contributed by atoms with Gasteiger partial charge in [0.2, 0.25) is 5.91 Å². The van der Waals surface area contributed by atoms with Gasteiger partial charge in [-0.2, -0.15) is 5.10 Å². The minimum atomic E-state index is -1.13. The van der Waals surface area contributed by atoms with Gasteiger partial charge in [0.1, 0.15) is 5.69 Å². The predicted octanol–water partition coefficient (Wildman–Crippen LogP) is 1.31. The Morgan fingerprint density at radius 2 is 2.33 bits per heavy atom. The van der Waals surface area contributed by atoms with Gasteiger partial charge in [0.25, 0.3) is 0 Å². The van der Waals surface area contributed by atoms with Crippen LogP contribution >= 0.6 is 11.3 Å². The number of carboxylic acid groups (broad SMARTS) is 1. The summed E-state index contributed by atoms with van der Waals surface area (Å²) in [6.07, 6.45) is 2.02. The minimum absolute atomic E-state index is 0.0755. The quantitative estimate of drug-likeness (QED) is 0.672. The first-order chi connectivity index (χ1) is 10.0. The van der Waals surface area contributed by atoms with E-state index in [1.54, 1.807) is 0 Å². The molecule has 3 heterocycles. The first-order valence-corrected chi connectivity index (χ1v) is 6.91. The number of aromatic amines is 1. The Kier molecular flexibility index (Phi) is 3.18. The van der Waals surface area contributed by atoms with Crippen molar-refractivity contribution in [2.24, 2.45) is 0 Å². The molecule has 21 heavy (non-hydrogen) atoms. The zero-order chi connectivity index (χ0) is 15.0. The Bertz CT molecular complexity index is 831. The SMILES string of the molecule is Cc1cn2c(CC(=O)Nc3cc(C(=O)O)[nH]n3)csc2n1. The second-order valence-electron chi connectivity index (χ2n) is 4.46. The van der Waals surface area contributed by atoms with Crippen LogP contribution in [0.4, 0.5) is 5.82 Å². The number of aryl methyl sites for hydroxylation is 1. The molecule has 0 saturated heterocycles. The van der Waals surface area contributed by atoms with Crippen LogP contribution in [0.1, 0.15) is 21.9 Å². The van der Waals surface area contributed by atoms with Crippen LogP contribution in [0.15, 0.2) is 17.6 Å². The Hall–Kier alpha value is -2.68. The summed E-state index contributed by atoms with van der Waals surface area (Å²) in [6, 6.07) is 1.27. The van der Waals surface area contributed by atoms with E-state index in [-0.39, 0.29) is 23.8 Å². The van der Waals surface area contributed by atoms with E-state index in [0.29, 0.717) is 0 Å². The van der Waals surface area contributed by atoms with Gasteiger partial charge in [-0.3, -0.25) is 14.3 Å². The fourth-order valence-electron chi connectivity index (χ4n) is 1.92. The monoisotopic (exact) mass is 305 g/mol. The fourth-order valence-corrected chi connectivity index (χ4v) is 2.83. The Balaban J connectivity index is 1.72. The number of rotatable bonds is 4.